The van der Waals surface area contributed by atoms with Crippen molar-refractivity contribution in [2.45, 2.75) is 10.6 Å². The number of thioether (sulfide) groups is 1. The van der Waals surface area contributed by atoms with Crippen LogP contribution >= 0.6 is 36.6 Å². The molecule has 2 atom stereocenters. The van der Waals surface area contributed by atoms with Crippen LogP contribution in [0.3, 0.4) is 0 Å². The Kier molecular flexibility index (Phi) is 9.22. The molecule has 0 radical (unpaired) electrons. The van der Waals surface area contributed by atoms with Crippen molar-refractivity contribution in [1.29, 1.82) is 0 Å². The standard InChI is InChI=1S/C23H28FN3OS.2ClH/c1-26(2)15-23-14-25-11-18(23)12-27(16-23)22(28)20-5-3-4-6-21(20)29-13-17-7-9-19(24)10-8-17;;/h3-10,18,25H,11-16H2,1-2H3;2*1H. The summed E-state index contributed by atoms with van der Waals surface area (Å²) in [7, 11) is 4.21. The minimum absolute atomic E-state index is 0. The maximum Gasteiger partial charge on any atom is 0.255 e. The molecule has 2 saturated heterocycles. The lowest BCUT2D eigenvalue weighted by Gasteiger charge is -2.31. The highest BCUT2D eigenvalue weighted by Crippen LogP contribution is 2.40. The topological polar surface area (TPSA) is 35.6 Å². The number of fused-ring (bicyclic) bond motifs is 1. The van der Waals surface area contributed by atoms with E-state index < -0.39 is 0 Å². The molecule has 2 fully saturated rings. The van der Waals surface area contributed by atoms with Gasteiger partial charge in [0.15, 0.2) is 0 Å². The van der Waals surface area contributed by atoms with Crippen molar-refractivity contribution in [3.8, 4) is 0 Å². The number of carbonyl (C=O) groups excluding carboxylic acids is 1. The van der Waals surface area contributed by atoms with E-state index in [4.69, 9.17) is 0 Å². The molecule has 170 valence electrons. The summed E-state index contributed by atoms with van der Waals surface area (Å²) in [6.07, 6.45) is 0. The second kappa shape index (κ2) is 11.0. The Labute approximate surface area is 200 Å². The minimum atomic E-state index is -0.227. The molecular weight excluding hydrogens is 456 g/mol. The number of rotatable bonds is 6. The van der Waals surface area contributed by atoms with Crippen molar-refractivity contribution in [2.75, 3.05) is 46.8 Å². The van der Waals surface area contributed by atoms with Crippen molar-refractivity contribution in [2.24, 2.45) is 11.3 Å². The van der Waals surface area contributed by atoms with E-state index in [0.717, 1.165) is 48.7 Å². The Morgan fingerprint density at radius 1 is 1.19 bits per heavy atom. The summed E-state index contributed by atoms with van der Waals surface area (Å²) in [5.41, 5.74) is 1.97. The van der Waals surface area contributed by atoms with Gasteiger partial charge >= 0.3 is 0 Å². The molecule has 2 aliphatic heterocycles. The highest BCUT2D eigenvalue weighted by molar-refractivity contribution is 7.98. The summed E-state index contributed by atoms with van der Waals surface area (Å²) in [6, 6.07) is 14.4. The lowest BCUT2D eigenvalue weighted by molar-refractivity contribution is 0.0760. The summed E-state index contributed by atoms with van der Waals surface area (Å²) in [5.74, 6) is 1.12. The molecule has 4 nitrogen and oxygen atoms in total. The molecular formula is C23H30Cl2FN3OS. The normalized spacial score (nSPS) is 22.1. The van der Waals surface area contributed by atoms with Gasteiger partial charge in [0.25, 0.3) is 5.91 Å². The van der Waals surface area contributed by atoms with Crippen LogP contribution in [0.1, 0.15) is 15.9 Å². The first kappa shape index (κ1) is 25.9. The third kappa shape index (κ3) is 5.74. The lowest BCUT2D eigenvalue weighted by Crippen LogP contribution is -2.42. The van der Waals surface area contributed by atoms with E-state index in [9.17, 15) is 9.18 Å². The predicted octanol–water partition coefficient (Wildman–Crippen LogP) is 4.18. The summed E-state index contributed by atoms with van der Waals surface area (Å²) >= 11 is 1.63. The van der Waals surface area contributed by atoms with E-state index in [1.807, 2.05) is 29.2 Å². The van der Waals surface area contributed by atoms with Gasteiger partial charge in [0, 0.05) is 48.8 Å². The van der Waals surface area contributed by atoms with Gasteiger partial charge in [0.2, 0.25) is 0 Å². The van der Waals surface area contributed by atoms with E-state index >= 15 is 0 Å². The number of carbonyl (C=O) groups is 1. The first-order valence-electron chi connectivity index (χ1n) is 10.1. The van der Waals surface area contributed by atoms with E-state index in [-0.39, 0.29) is 42.0 Å². The Balaban J connectivity index is 0.00000171. The average molecular weight is 486 g/mol. The summed E-state index contributed by atoms with van der Waals surface area (Å²) < 4.78 is 13.1. The van der Waals surface area contributed by atoms with Gasteiger partial charge in [0.1, 0.15) is 5.82 Å². The number of amides is 1. The molecule has 1 amide bonds. The molecule has 0 saturated carbocycles. The van der Waals surface area contributed by atoms with Crippen LogP contribution in [0.5, 0.6) is 0 Å². The van der Waals surface area contributed by atoms with Crippen molar-refractivity contribution in [3.05, 3.63) is 65.5 Å². The van der Waals surface area contributed by atoms with E-state index in [0.29, 0.717) is 11.7 Å². The zero-order chi connectivity index (χ0) is 20.4. The van der Waals surface area contributed by atoms with Gasteiger partial charge in [-0.2, -0.15) is 0 Å². The third-order valence-corrected chi connectivity index (χ3v) is 7.17. The van der Waals surface area contributed by atoms with Crippen LogP contribution in [-0.2, 0) is 5.75 Å². The van der Waals surface area contributed by atoms with Crippen LogP contribution in [0.2, 0.25) is 0 Å². The van der Waals surface area contributed by atoms with Crippen LogP contribution < -0.4 is 5.32 Å². The van der Waals surface area contributed by atoms with Gasteiger partial charge in [-0.15, -0.1) is 36.6 Å². The quantitative estimate of drug-likeness (QED) is 0.622. The Hall–Kier alpha value is -1.31. The number of likely N-dealkylation sites (tertiary alicyclic amines) is 1. The number of hydrogen-bond acceptors (Lipinski definition) is 4. The fraction of sp³-hybridized carbons (Fsp3) is 0.435. The fourth-order valence-corrected chi connectivity index (χ4v) is 5.71. The SMILES string of the molecule is CN(C)CC12CNCC1CN(C(=O)c1ccccc1SCc1ccc(F)cc1)C2.Cl.Cl. The molecule has 2 unspecified atom stereocenters. The zero-order valence-electron chi connectivity index (χ0n) is 17.8. The van der Waals surface area contributed by atoms with Gasteiger partial charge in [-0.3, -0.25) is 4.79 Å². The van der Waals surface area contributed by atoms with E-state index in [1.54, 1.807) is 23.9 Å². The van der Waals surface area contributed by atoms with Crippen LogP contribution in [0.15, 0.2) is 53.4 Å². The minimum Gasteiger partial charge on any atom is -0.338 e. The van der Waals surface area contributed by atoms with Gasteiger partial charge in [-0.1, -0.05) is 24.3 Å². The molecule has 2 aromatic carbocycles. The van der Waals surface area contributed by atoms with Crippen LogP contribution in [0.25, 0.3) is 0 Å². The maximum absolute atomic E-state index is 13.4. The molecule has 0 aromatic heterocycles. The average Bonchev–Trinajstić information content (AvgIpc) is 3.23. The van der Waals surface area contributed by atoms with Crippen LogP contribution in [0.4, 0.5) is 4.39 Å². The number of nitrogens with zero attached hydrogens (tertiary/aromatic N) is 2. The monoisotopic (exact) mass is 485 g/mol. The van der Waals surface area contributed by atoms with Crippen molar-refractivity contribution in [1.82, 2.24) is 15.1 Å². The number of nitrogens with one attached hydrogen (secondary N) is 1. The van der Waals surface area contributed by atoms with Crippen molar-refractivity contribution in [3.63, 3.8) is 0 Å². The highest BCUT2D eigenvalue weighted by Gasteiger charge is 2.51. The van der Waals surface area contributed by atoms with Crippen molar-refractivity contribution < 1.29 is 9.18 Å². The smallest absolute Gasteiger partial charge is 0.255 e. The maximum atomic E-state index is 13.4. The fourth-order valence-electron chi connectivity index (χ4n) is 4.71. The second-order valence-corrected chi connectivity index (χ2v) is 9.54. The van der Waals surface area contributed by atoms with E-state index in [2.05, 4.69) is 24.3 Å². The predicted molar refractivity (Wildman–Crippen MR) is 130 cm³/mol. The van der Waals surface area contributed by atoms with Gasteiger partial charge in [0.05, 0.1) is 5.56 Å². The molecule has 4 rings (SSSR count). The van der Waals surface area contributed by atoms with E-state index in [1.165, 1.54) is 12.1 Å². The summed E-state index contributed by atoms with van der Waals surface area (Å²) in [6.45, 7) is 4.57. The Morgan fingerprint density at radius 3 is 2.61 bits per heavy atom. The summed E-state index contributed by atoms with van der Waals surface area (Å²) in [5, 5.41) is 3.53. The Morgan fingerprint density at radius 2 is 1.90 bits per heavy atom. The number of benzene rings is 2. The molecule has 1 N–H and O–H groups in total. The molecule has 8 heteroatoms. The molecule has 0 bridgehead atoms. The molecule has 2 heterocycles. The molecule has 2 aromatic rings. The van der Waals surface area contributed by atoms with Crippen molar-refractivity contribution >= 4 is 42.5 Å². The van der Waals surface area contributed by atoms with Gasteiger partial charge in [-0.25, -0.2) is 4.39 Å². The largest absolute Gasteiger partial charge is 0.338 e. The van der Waals surface area contributed by atoms with Gasteiger partial charge in [-0.05, 0) is 49.8 Å². The first-order valence-corrected chi connectivity index (χ1v) is 11.1. The van der Waals surface area contributed by atoms with Crippen LogP contribution in [-0.4, -0.2) is 62.5 Å². The lowest BCUT2D eigenvalue weighted by atomic mass is 9.80. The first-order chi connectivity index (χ1) is 14.0. The number of hydrogen-bond donors (Lipinski definition) is 1. The number of halogens is 3. The molecule has 2 aliphatic rings. The van der Waals surface area contributed by atoms with Gasteiger partial charge < -0.3 is 15.1 Å². The second-order valence-electron chi connectivity index (χ2n) is 8.52. The molecule has 31 heavy (non-hydrogen) atoms. The molecule has 0 aliphatic carbocycles. The van der Waals surface area contributed by atoms with Crippen LogP contribution in [0, 0.1) is 17.2 Å². The molecule has 0 spiro atoms. The highest BCUT2D eigenvalue weighted by atomic mass is 35.5. The summed E-state index contributed by atoms with van der Waals surface area (Å²) in [4.78, 5) is 18.7. The third-order valence-electron chi connectivity index (χ3n) is 6.02. The Bertz CT molecular complexity index is 883. The zero-order valence-corrected chi connectivity index (χ0v) is 20.3.